The first-order chi connectivity index (χ1) is 11.6. The second kappa shape index (κ2) is 7.75. The van der Waals surface area contributed by atoms with Crippen molar-refractivity contribution in [3.63, 3.8) is 0 Å². The van der Waals surface area contributed by atoms with Crippen LogP contribution in [0.25, 0.3) is 0 Å². The third-order valence-electron chi connectivity index (χ3n) is 3.53. The molecular formula is C18H15ClN2OS2. The van der Waals surface area contributed by atoms with Crippen molar-refractivity contribution in [1.82, 2.24) is 4.57 Å². The number of para-hydroxylation sites is 1. The van der Waals surface area contributed by atoms with E-state index in [0.29, 0.717) is 26.1 Å². The van der Waals surface area contributed by atoms with Gasteiger partial charge in [0.1, 0.15) is 4.88 Å². The summed E-state index contributed by atoms with van der Waals surface area (Å²) < 4.78 is 2.37. The molecule has 0 aliphatic carbocycles. The molecule has 0 radical (unpaired) electrons. The molecule has 0 spiro atoms. The van der Waals surface area contributed by atoms with Crippen LogP contribution in [0.3, 0.4) is 0 Å². The standard InChI is InChI=1S/C18H15ClN2OS2/c19-14-8-4-5-9-15(14)20-12-16-17(22)21(18(23)24-16)11-10-13-6-2-1-3-7-13/h1-9,12,22H,10-11H2. The zero-order chi connectivity index (χ0) is 16.9. The Morgan fingerprint density at radius 3 is 2.58 bits per heavy atom. The van der Waals surface area contributed by atoms with Crippen LogP contribution in [0.1, 0.15) is 10.4 Å². The molecule has 1 aromatic heterocycles. The summed E-state index contributed by atoms with van der Waals surface area (Å²) in [6.07, 6.45) is 2.41. The van der Waals surface area contributed by atoms with Crippen molar-refractivity contribution in [3.8, 4) is 5.88 Å². The molecule has 0 atom stereocenters. The van der Waals surface area contributed by atoms with E-state index in [1.165, 1.54) is 16.9 Å². The molecule has 24 heavy (non-hydrogen) atoms. The summed E-state index contributed by atoms with van der Waals surface area (Å²) in [5, 5.41) is 11.0. The van der Waals surface area contributed by atoms with E-state index in [0.717, 1.165) is 6.42 Å². The molecule has 0 bridgehead atoms. The van der Waals surface area contributed by atoms with Crippen LogP contribution in [0.15, 0.2) is 59.6 Å². The van der Waals surface area contributed by atoms with Crippen molar-refractivity contribution in [3.05, 3.63) is 74.0 Å². The lowest BCUT2D eigenvalue weighted by molar-refractivity contribution is 0.415. The van der Waals surface area contributed by atoms with Gasteiger partial charge in [0, 0.05) is 6.54 Å². The van der Waals surface area contributed by atoms with Gasteiger partial charge in [-0.1, -0.05) is 65.4 Å². The van der Waals surface area contributed by atoms with Crippen LogP contribution in [0, 0.1) is 3.95 Å². The van der Waals surface area contributed by atoms with Crippen molar-refractivity contribution in [2.45, 2.75) is 13.0 Å². The van der Waals surface area contributed by atoms with Gasteiger partial charge in [-0.3, -0.25) is 9.56 Å². The molecule has 2 aromatic carbocycles. The minimum absolute atomic E-state index is 0.150. The Morgan fingerprint density at radius 2 is 1.83 bits per heavy atom. The van der Waals surface area contributed by atoms with Crippen molar-refractivity contribution >= 4 is 47.1 Å². The molecular weight excluding hydrogens is 360 g/mol. The van der Waals surface area contributed by atoms with Crippen LogP contribution in [0.4, 0.5) is 5.69 Å². The van der Waals surface area contributed by atoms with Gasteiger partial charge in [-0.2, -0.15) is 0 Å². The Kier molecular flexibility index (Phi) is 5.45. The number of aromatic nitrogens is 1. The number of hydrogen-bond donors (Lipinski definition) is 1. The van der Waals surface area contributed by atoms with E-state index in [2.05, 4.69) is 17.1 Å². The van der Waals surface area contributed by atoms with Gasteiger partial charge in [0.05, 0.1) is 16.9 Å². The van der Waals surface area contributed by atoms with Crippen molar-refractivity contribution in [2.75, 3.05) is 0 Å². The van der Waals surface area contributed by atoms with Crippen LogP contribution < -0.4 is 0 Å². The summed E-state index contributed by atoms with van der Waals surface area (Å²) in [7, 11) is 0. The van der Waals surface area contributed by atoms with E-state index in [4.69, 9.17) is 23.8 Å². The fourth-order valence-corrected chi connectivity index (χ4v) is 3.68. The summed E-state index contributed by atoms with van der Waals surface area (Å²) in [5.41, 5.74) is 1.87. The van der Waals surface area contributed by atoms with Crippen LogP contribution in [0.2, 0.25) is 5.02 Å². The van der Waals surface area contributed by atoms with Crippen LogP contribution in [-0.4, -0.2) is 15.9 Å². The number of halogens is 1. The van der Waals surface area contributed by atoms with E-state index in [1.54, 1.807) is 16.8 Å². The number of rotatable bonds is 5. The Hall–Kier alpha value is -1.95. The Morgan fingerprint density at radius 1 is 1.12 bits per heavy atom. The molecule has 3 nitrogen and oxygen atoms in total. The fourth-order valence-electron chi connectivity index (χ4n) is 2.27. The van der Waals surface area contributed by atoms with Crippen molar-refractivity contribution in [2.24, 2.45) is 4.99 Å². The lowest BCUT2D eigenvalue weighted by Gasteiger charge is -2.04. The number of thiazole rings is 1. The number of aliphatic imine (C=N–C) groups is 1. The van der Waals surface area contributed by atoms with E-state index in [9.17, 15) is 5.11 Å². The molecule has 0 aliphatic heterocycles. The molecule has 3 aromatic rings. The molecule has 3 rings (SSSR count). The highest BCUT2D eigenvalue weighted by Gasteiger charge is 2.10. The maximum Gasteiger partial charge on any atom is 0.212 e. The van der Waals surface area contributed by atoms with Gasteiger partial charge in [0.2, 0.25) is 5.88 Å². The number of aryl methyl sites for hydroxylation is 1. The molecule has 0 aliphatic rings. The maximum absolute atomic E-state index is 10.4. The molecule has 0 amide bonds. The molecule has 0 fully saturated rings. The normalized spacial score (nSPS) is 11.2. The smallest absolute Gasteiger partial charge is 0.212 e. The van der Waals surface area contributed by atoms with Gasteiger partial charge in [0.25, 0.3) is 0 Å². The van der Waals surface area contributed by atoms with E-state index in [-0.39, 0.29) is 5.88 Å². The van der Waals surface area contributed by atoms with Gasteiger partial charge in [-0.15, -0.1) is 0 Å². The predicted molar refractivity (Wildman–Crippen MR) is 104 cm³/mol. The second-order valence-corrected chi connectivity index (χ2v) is 7.24. The van der Waals surface area contributed by atoms with Gasteiger partial charge in [0.15, 0.2) is 3.95 Å². The minimum atomic E-state index is 0.150. The molecule has 0 unspecified atom stereocenters. The largest absolute Gasteiger partial charge is 0.493 e. The Labute approximate surface area is 154 Å². The zero-order valence-corrected chi connectivity index (χ0v) is 15.1. The first kappa shape index (κ1) is 16.9. The van der Waals surface area contributed by atoms with Crippen LogP contribution in [0.5, 0.6) is 5.88 Å². The predicted octanol–water partition coefficient (Wildman–Crippen LogP) is 5.63. The number of benzene rings is 2. The molecule has 0 saturated carbocycles. The molecule has 122 valence electrons. The van der Waals surface area contributed by atoms with Gasteiger partial charge in [-0.25, -0.2) is 0 Å². The minimum Gasteiger partial charge on any atom is -0.493 e. The summed E-state index contributed by atoms with van der Waals surface area (Å²) in [5.74, 6) is 0.150. The molecule has 6 heteroatoms. The SMILES string of the molecule is Oc1c(C=Nc2ccccc2Cl)sc(=S)n1CCc1ccccc1. The van der Waals surface area contributed by atoms with Crippen LogP contribution in [-0.2, 0) is 13.0 Å². The van der Waals surface area contributed by atoms with Crippen molar-refractivity contribution in [1.29, 1.82) is 0 Å². The maximum atomic E-state index is 10.4. The summed E-state index contributed by atoms with van der Waals surface area (Å²) in [6, 6.07) is 17.4. The van der Waals surface area contributed by atoms with Crippen molar-refractivity contribution < 1.29 is 5.11 Å². The third kappa shape index (κ3) is 3.93. The van der Waals surface area contributed by atoms with E-state index < -0.39 is 0 Å². The fraction of sp³-hybridized carbons (Fsp3) is 0.111. The third-order valence-corrected chi connectivity index (χ3v) is 5.23. The average molecular weight is 375 g/mol. The summed E-state index contributed by atoms with van der Waals surface area (Å²) in [4.78, 5) is 4.98. The first-order valence-corrected chi connectivity index (χ1v) is 9.00. The summed E-state index contributed by atoms with van der Waals surface area (Å²) >= 11 is 12.8. The quantitative estimate of drug-likeness (QED) is 0.464. The molecule has 1 heterocycles. The second-order valence-electron chi connectivity index (χ2n) is 5.15. The molecule has 1 N–H and O–H groups in total. The average Bonchev–Trinajstić information content (AvgIpc) is 2.87. The van der Waals surface area contributed by atoms with Gasteiger partial charge >= 0.3 is 0 Å². The highest BCUT2D eigenvalue weighted by atomic mass is 35.5. The Balaban J connectivity index is 1.79. The number of nitrogens with zero attached hydrogens (tertiary/aromatic N) is 2. The highest BCUT2D eigenvalue weighted by molar-refractivity contribution is 7.73. The number of aromatic hydroxyl groups is 1. The van der Waals surface area contributed by atoms with E-state index >= 15 is 0 Å². The summed E-state index contributed by atoms with van der Waals surface area (Å²) in [6.45, 7) is 0.630. The topological polar surface area (TPSA) is 37.5 Å². The lowest BCUT2D eigenvalue weighted by Crippen LogP contribution is -2.00. The monoisotopic (exact) mass is 374 g/mol. The van der Waals surface area contributed by atoms with Gasteiger partial charge < -0.3 is 5.11 Å². The number of hydrogen-bond acceptors (Lipinski definition) is 4. The zero-order valence-electron chi connectivity index (χ0n) is 12.7. The van der Waals surface area contributed by atoms with Crippen LogP contribution >= 0.6 is 35.2 Å². The van der Waals surface area contributed by atoms with E-state index in [1.807, 2.05) is 36.4 Å². The lowest BCUT2D eigenvalue weighted by atomic mass is 10.1. The first-order valence-electron chi connectivity index (χ1n) is 7.40. The highest BCUT2D eigenvalue weighted by Crippen LogP contribution is 2.27. The Bertz CT molecular complexity index is 916. The van der Waals surface area contributed by atoms with Gasteiger partial charge in [-0.05, 0) is 36.3 Å². The molecule has 0 saturated heterocycles.